The van der Waals surface area contributed by atoms with Gasteiger partial charge in [-0.05, 0) is 13.8 Å². The van der Waals surface area contributed by atoms with E-state index in [-0.39, 0.29) is 5.75 Å². The zero-order valence-corrected chi connectivity index (χ0v) is 10.5. The third kappa shape index (κ3) is 3.60. The Hall–Kier alpha value is -1.28. The highest BCUT2D eigenvalue weighted by atomic mass is 32.2. The van der Waals surface area contributed by atoms with Crippen molar-refractivity contribution in [3.63, 3.8) is 0 Å². The Labute approximate surface area is 102 Å². The van der Waals surface area contributed by atoms with Crippen LogP contribution in [0.2, 0.25) is 0 Å². The molecule has 0 radical (unpaired) electrons. The molecule has 0 spiro atoms. The van der Waals surface area contributed by atoms with Crippen LogP contribution in [0.1, 0.15) is 12.7 Å². The number of hydrogen-bond acceptors (Lipinski definition) is 6. The maximum Gasteiger partial charge on any atom is 0.441 e. The van der Waals surface area contributed by atoms with Crippen LogP contribution in [0.5, 0.6) is 0 Å². The second kappa shape index (κ2) is 5.37. The Balaban J connectivity index is 2.40. The van der Waals surface area contributed by atoms with E-state index in [2.05, 4.69) is 9.68 Å². The average Bonchev–Trinajstić information content (AvgIpc) is 2.54. The van der Waals surface area contributed by atoms with E-state index >= 15 is 0 Å². The molecule has 0 bridgehead atoms. The topological polar surface area (TPSA) is 111 Å². The zero-order chi connectivity index (χ0) is 13.1. The summed E-state index contributed by atoms with van der Waals surface area (Å²) < 4.78 is 5.85. The molecule has 8 heteroatoms. The zero-order valence-electron chi connectivity index (χ0n) is 9.67. The molecule has 96 valence electrons. The molecule has 0 fully saturated rings. The van der Waals surface area contributed by atoms with Gasteiger partial charge in [0.2, 0.25) is 0 Å². The first kappa shape index (κ1) is 13.8. The molecule has 0 saturated heterocycles. The van der Waals surface area contributed by atoms with Gasteiger partial charge in [-0.1, -0.05) is 5.16 Å². The van der Waals surface area contributed by atoms with Crippen LogP contribution in [-0.4, -0.2) is 37.8 Å². The van der Waals surface area contributed by atoms with Crippen LogP contribution in [0, 0.1) is 6.92 Å². The van der Waals surface area contributed by atoms with Crippen molar-refractivity contribution >= 4 is 17.7 Å². The standard InChI is InChI=1S/C9H15N3O4S/c1-6-11-16-8(15)12(6)3-4-17-5-9(2,10)7(13)14/h3-5,10H2,1-2H3,(H,13,14)/t9-/m0/s1. The van der Waals surface area contributed by atoms with Crippen LogP contribution >= 0.6 is 11.8 Å². The number of carboxylic acid groups (broad SMARTS) is 1. The van der Waals surface area contributed by atoms with E-state index in [1.54, 1.807) is 6.92 Å². The van der Waals surface area contributed by atoms with E-state index in [1.807, 2.05) is 0 Å². The number of carboxylic acids is 1. The van der Waals surface area contributed by atoms with Gasteiger partial charge in [0.05, 0.1) is 0 Å². The van der Waals surface area contributed by atoms with Gasteiger partial charge in [0.15, 0.2) is 5.82 Å². The van der Waals surface area contributed by atoms with Crippen molar-refractivity contribution in [2.24, 2.45) is 5.73 Å². The molecule has 0 amide bonds. The second-order valence-corrected chi connectivity index (χ2v) is 5.03. The Kier molecular flexibility index (Phi) is 4.35. The summed E-state index contributed by atoms with van der Waals surface area (Å²) in [7, 11) is 0. The van der Waals surface area contributed by atoms with Crippen molar-refractivity contribution in [2.75, 3.05) is 11.5 Å². The van der Waals surface area contributed by atoms with Gasteiger partial charge in [0, 0.05) is 18.1 Å². The first-order valence-corrected chi connectivity index (χ1v) is 6.13. The van der Waals surface area contributed by atoms with Gasteiger partial charge >= 0.3 is 11.7 Å². The molecule has 1 heterocycles. The van der Waals surface area contributed by atoms with Crippen LogP contribution in [0.4, 0.5) is 0 Å². The van der Waals surface area contributed by atoms with E-state index in [0.717, 1.165) is 0 Å². The quantitative estimate of drug-likeness (QED) is 0.675. The summed E-state index contributed by atoms with van der Waals surface area (Å²) in [6.07, 6.45) is 0. The van der Waals surface area contributed by atoms with Crippen LogP contribution in [0.3, 0.4) is 0 Å². The molecular formula is C9H15N3O4S. The predicted octanol–water partition coefficient (Wildman–Crippen LogP) is -0.320. The number of nitrogens with two attached hydrogens (primary N) is 1. The van der Waals surface area contributed by atoms with Crippen LogP contribution in [-0.2, 0) is 11.3 Å². The fourth-order valence-corrected chi connectivity index (χ4v) is 2.09. The average molecular weight is 261 g/mol. The number of aromatic nitrogens is 2. The molecule has 0 aliphatic heterocycles. The lowest BCUT2D eigenvalue weighted by molar-refractivity contribution is -0.141. The van der Waals surface area contributed by atoms with Crippen LogP contribution in [0.15, 0.2) is 9.32 Å². The van der Waals surface area contributed by atoms with Crippen molar-refractivity contribution < 1.29 is 14.4 Å². The van der Waals surface area contributed by atoms with Crippen molar-refractivity contribution in [2.45, 2.75) is 25.9 Å². The molecule has 0 aromatic carbocycles. The Bertz CT molecular complexity index is 451. The summed E-state index contributed by atoms with van der Waals surface area (Å²) in [6, 6.07) is 0. The number of thioether (sulfide) groups is 1. The van der Waals surface area contributed by atoms with E-state index in [0.29, 0.717) is 18.1 Å². The second-order valence-electron chi connectivity index (χ2n) is 3.92. The van der Waals surface area contributed by atoms with Crippen LogP contribution in [0.25, 0.3) is 0 Å². The number of aliphatic carboxylic acids is 1. The molecule has 1 aromatic rings. The third-order valence-electron chi connectivity index (χ3n) is 2.22. The molecule has 0 unspecified atom stereocenters. The fourth-order valence-electron chi connectivity index (χ4n) is 1.09. The molecule has 0 aliphatic rings. The maximum absolute atomic E-state index is 11.1. The highest BCUT2D eigenvalue weighted by Gasteiger charge is 2.27. The highest BCUT2D eigenvalue weighted by molar-refractivity contribution is 7.99. The molecule has 0 aliphatic carbocycles. The summed E-state index contributed by atoms with van der Waals surface area (Å²) in [5, 5.41) is 12.3. The lowest BCUT2D eigenvalue weighted by atomic mass is 10.1. The third-order valence-corrected chi connectivity index (χ3v) is 3.49. The van der Waals surface area contributed by atoms with Crippen molar-refractivity contribution in [1.29, 1.82) is 0 Å². The lowest BCUT2D eigenvalue weighted by Gasteiger charge is -2.18. The Morgan fingerprint density at radius 3 is 2.82 bits per heavy atom. The number of nitrogens with zero attached hydrogens (tertiary/aromatic N) is 2. The number of hydrogen-bond donors (Lipinski definition) is 2. The predicted molar refractivity (Wildman–Crippen MR) is 63.1 cm³/mol. The first-order valence-electron chi connectivity index (χ1n) is 4.98. The summed E-state index contributed by atoms with van der Waals surface area (Å²) >= 11 is 1.37. The van der Waals surface area contributed by atoms with E-state index in [9.17, 15) is 9.59 Å². The molecule has 1 rings (SSSR count). The molecule has 0 saturated carbocycles. The number of rotatable bonds is 6. The summed E-state index contributed by atoms with van der Waals surface area (Å²) in [5.74, 6) is -0.187. The van der Waals surface area contributed by atoms with Gasteiger partial charge < -0.3 is 10.8 Å². The SMILES string of the molecule is Cc1noc(=O)n1CCSC[C@](C)(N)C(=O)O. The molecule has 17 heavy (non-hydrogen) atoms. The number of carbonyl (C=O) groups is 1. The molecular weight excluding hydrogens is 246 g/mol. The highest BCUT2D eigenvalue weighted by Crippen LogP contribution is 2.11. The minimum atomic E-state index is -1.25. The van der Waals surface area contributed by atoms with Gasteiger partial charge in [0.1, 0.15) is 5.54 Å². The molecule has 3 N–H and O–H groups in total. The van der Waals surface area contributed by atoms with Crippen molar-refractivity contribution in [3.05, 3.63) is 16.4 Å². The van der Waals surface area contributed by atoms with E-state index in [4.69, 9.17) is 10.8 Å². The minimum Gasteiger partial charge on any atom is -0.480 e. The minimum absolute atomic E-state index is 0.279. The largest absolute Gasteiger partial charge is 0.480 e. The summed E-state index contributed by atoms with van der Waals surface area (Å²) in [4.78, 5) is 21.9. The van der Waals surface area contributed by atoms with E-state index in [1.165, 1.54) is 23.3 Å². The normalized spacial score (nSPS) is 14.5. The van der Waals surface area contributed by atoms with Gasteiger partial charge in [-0.25, -0.2) is 4.79 Å². The lowest BCUT2D eigenvalue weighted by Crippen LogP contribution is -2.47. The first-order chi connectivity index (χ1) is 7.84. The Morgan fingerprint density at radius 1 is 1.71 bits per heavy atom. The molecule has 7 nitrogen and oxygen atoms in total. The van der Waals surface area contributed by atoms with Crippen molar-refractivity contribution in [1.82, 2.24) is 9.72 Å². The van der Waals surface area contributed by atoms with E-state index < -0.39 is 17.3 Å². The van der Waals surface area contributed by atoms with Gasteiger partial charge in [-0.15, -0.1) is 0 Å². The van der Waals surface area contributed by atoms with Gasteiger partial charge in [-0.2, -0.15) is 11.8 Å². The monoisotopic (exact) mass is 261 g/mol. The summed E-state index contributed by atoms with van der Waals surface area (Å²) in [6.45, 7) is 3.55. The van der Waals surface area contributed by atoms with Gasteiger partial charge in [0.25, 0.3) is 0 Å². The van der Waals surface area contributed by atoms with Crippen LogP contribution < -0.4 is 11.5 Å². The Morgan fingerprint density at radius 2 is 2.35 bits per heavy atom. The maximum atomic E-state index is 11.1. The fraction of sp³-hybridized carbons (Fsp3) is 0.667. The molecule has 1 aromatic heterocycles. The van der Waals surface area contributed by atoms with Crippen molar-refractivity contribution in [3.8, 4) is 0 Å². The smallest absolute Gasteiger partial charge is 0.441 e. The number of aryl methyl sites for hydroxylation is 1. The van der Waals surface area contributed by atoms with Gasteiger partial charge in [-0.3, -0.25) is 13.9 Å². The molecule has 1 atom stereocenters. The summed E-state index contributed by atoms with van der Waals surface area (Å²) in [5.41, 5.74) is 4.31.